The van der Waals surface area contributed by atoms with E-state index in [1.54, 1.807) is 62.4 Å². The molecule has 41 heavy (non-hydrogen) atoms. The van der Waals surface area contributed by atoms with Crippen molar-refractivity contribution in [2.24, 2.45) is 5.92 Å². The van der Waals surface area contributed by atoms with Crippen molar-refractivity contribution in [3.63, 3.8) is 0 Å². The molecule has 3 aromatic rings. The number of aryl methyl sites for hydroxylation is 1. The number of nitrogens with zero attached hydrogens (tertiary/aromatic N) is 2. The highest BCUT2D eigenvalue weighted by Gasteiger charge is 2.34. The third kappa shape index (κ3) is 8.38. The summed E-state index contributed by atoms with van der Waals surface area (Å²) in [7, 11) is -4.19. The Morgan fingerprint density at radius 2 is 1.61 bits per heavy atom. The maximum atomic E-state index is 14.1. The summed E-state index contributed by atoms with van der Waals surface area (Å²) in [6.45, 7) is 7.36. The SMILES string of the molecule is CC[C@@H](C(=O)NCC(C)C)N(Cc1ccc(Cl)c(Cl)c1)C(=O)CN(c1cc(Cl)ccc1C)S(=O)(=O)c1ccccc1. The first-order valence-electron chi connectivity index (χ1n) is 13.2. The molecule has 2 amide bonds. The summed E-state index contributed by atoms with van der Waals surface area (Å²) in [5.74, 6) is -0.694. The Hall–Kier alpha value is -2.78. The van der Waals surface area contributed by atoms with Gasteiger partial charge in [0.1, 0.15) is 12.6 Å². The van der Waals surface area contributed by atoms with Crippen LogP contribution in [0.25, 0.3) is 0 Å². The number of rotatable bonds is 12. The summed E-state index contributed by atoms with van der Waals surface area (Å²) in [5.41, 5.74) is 1.51. The molecule has 0 aliphatic rings. The molecule has 3 aromatic carbocycles. The molecule has 3 rings (SSSR count). The molecule has 0 bridgehead atoms. The largest absolute Gasteiger partial charge is 0.354 e. The van der Waals surface area contributed by atoms with Crippen LogP contribution in [0, 0.1) is 12.8 Å². The fourth-order valence-corrected chi connectivity index (χ4v) is 6.24. The quantitative estimate of drug-likeness (QED) is 0.238. The highest BCUT2D eigenvalue weighted by molar-refractivity contribution is 7.92. The minimum Gasteiger partial charge on any atom is -0.354 e. The van der Waals surface area contributed by atoms with Gasteiger partial charge in [-0.25, -0.2) is 8.42 Å². The second-order valence-electron chi connectivity index (χ2n) is 10.1. The monoisotopic (exact) mass is 637 g/mol. The Kier molecular flexibility index (Phi) is 11.5. The van der Waals surface area contributed by atoms with Gasteiger partial charge in [-0.15, -0.1) is 0 Å². The Bertz CT molecular complexity index is 1480. The van der Waals surface area contributed by atoms with Crippen molar-refractivity contribution in [1.29, 1.82) is 0 Å². The van der Waals surface area contributed by atoms with Crippen molar-refractivity contribution < 1.29 is 18.0 Å². The van der Waals surface area contributed by atoms with E-state index >= 15 is 0 Å². The Morgan fingerprint density at radius 3 is 2.22 bits per heavy atom. The standard InChI is InChI=1S/C30H34Cl3N3O4S/c1-5-27(30(38)34-17-20(2)3)35(18-22-12-14-25(32)26(33)15-22)29(37)19-36(28-16-23(31)13-11-21(28)4)41(39,40)24-9-7-6-8-10-24/h6-16,20,27H,5,17-19H2,1-4H3,(H,34,38)/t27-/m0/s1. The van der Waals surface area contributed by atoms with Gasteiger partial charge in [-0.1, -0.05) is 85.9 Å². The van der Waals surface area contributed by atoms with Crippen molar-refractivity contribution in [3.8, 4) is 0 Å². The Balaban J connectivity index is 2.09. The summed E-state index contributed by atoms with van der Waals surface area (Å²) in [5, 5.41) is 3.88. The molecule has 220 valence electrons. The molecule has 0 spiro atoms. The molecule has 0 fully saturated rings. The normalized spacial score (nSPS) is 12.2. The van der Waals surface area contributed by atoms with E-state index in [1.165, 1.54) is 23.1 Å². The molecule has 1 atom stereocenters. The molecule has 11 heteroatoms. The van der Waals surface area contributed by atoms with Crippen molar-refractivity contribution in [3.05, 3.63) is 92.9 Å². The van der Waals surface area contributed by atoms with Gasteiger partial charge in [-0.3, -0.25) is 13.9 Å². The summed E-state index contributed by atoms with van der Waals surface area (Å²) in [6, 6.07) is 16.8. The lowest BCUT2D eigenvalue weighted by Crippen LogP contribution is -2.52. The number of carbonyl (C=O) groups excluding carboxylic acids is 2. The summed E-state index contributed by atoms with van der Waals surface area (Å²) >= 11 is 18.6. The van der Waals surface area contributed by atoms with Gasteiger partial charge in [-0.2, -0.15) is 0 Å². The van der Waals surface area contributed by atoms with Gasteiger partial charge in [0.15, 0.2) is 0 Å². The number of hydrogen-bond donors (Lipinski definition) is 1. The fourth-order valence-electron chi connectivity index (χ4n) is 4.26. The summed E-state index contributed by atoms with van der Waals surface area (Å²) < 4.78 is 28.9. The summed E-state index contributed by atoms with van der Waals surface area (Å²) in [6.07, 6.45) is 0.304. The number of carbonyl (C=O) groups is 2. The minimum atomic E-state index is -4.19. The zero-order valence-electron chi connectivity index (χ0n) is 23.4. The second kappa shape index (κ2) is 14.4. The van der Waals surface area contributed by atoms with Gasteiger partial charge in [0, 0.05) is 18.1 Å². The molecule has 0 aromatic heterocycles. The molecule has 7 nitrogen and oxygen atoms in total. The van der Waals surface area contributed by atoms with Crippen LogP contribution in [0.1, 0.15) is 38.3 Å². The van der Waals surface area contributed by atoms with E-state index in [0.717, 1.165) is 4.31 Å². The second-order valence-corrected chi connectivity index (χ2v) is 13.2. The average molecular weight is 639 g/mol. The van der Waals surface area contributed by atoms with Gasteiger partial charge in [0.05, 0.1) is 20.6 Å². The van der Waals surface area contributed by atoms with Crippen LogP contribution < -0.4 is 9.62 Å². The zero-order chi connectivity index (χ0) is 30.3. The van der Waals surface area contributed by atoms with Crippen LogP contribution in [0.3, 0.4) is 0 Å². The maximum absolute atomic E-state index is 14.1. The van der Waals surface area contributed by atoms with Crippen LogP contribution in [0.2, 0.25) is 15.1 Å². The van der Waals surface area contributed by atoms with Crippen molar-refractivity contribution in [2.75, 3.05) is 17.4 Å². The zero-order valence-corrected chi connectivity index (χ0v) is 26.5. The highest BCUT2D eigenvalue weighted by atomic mass is 35.5. The number of nitrogens with one attached hydrogen (secondary N) is 1. The van der Waals surface area contributed by atoms with E-state index in [-0.39, 0.29) is 29.0 Å². The lowest BCUT2D eigenvalue weighted by atomic mass is 10.1. The molecule has 1 N–H and O–H groups in total. The number of sulfonamides is 1. The predicted octanol–water partition coefficient (Wildman–Crippen LogP) is 6.73. The molecule has 0 aliphatic carbocycles. The van der Waals surface area contributed by atoms with Gasteiger partial charge in [0.2, 0.25) is 11.8 Å². The van der Waals surface area contributed by atoms with Crippen LogP contribution in [0.15, 0.2) is 71.6 Å². The van der Waals surface area contributed by atoms with Gasteiger partial charge >= 0.3 is 0 Å². The van der Waals surface area contributed by atoms with E-state index in [1.807, 2.05) is 13.8 Å². The minimum absolute atomic E-state index is 0.0110. The predicted molar refractivity (Wildman–Crippen MR) is 166 cm³/mol. The molecule has 0 aliphatic heterocycles. The average Bonchev–Trinajstić information content (AvgIpc) is 2.94. The van der Waals surface area contributed by atoms with E-state index in [4.69, 9.17) is 34.8 Å². The summed E-state index contributed by atoms with van der Waals surface area (Å²) in [4.78, 5) is 28.9. The number of amides is 2. The lowest BCUT2D eigenvalue weighted by molar-refractivity contribution is -0.140. The first-order chi connectivity index (χ1) is 19.3. The first-order valence-corrected chi connectivity index (χ1v) is 15.8. The van der Waals surface area contributed by atoms with Crippen LogP contribution in [-0.4, -0.2) is 44.3 Å². The van der Waals surface area contributed by atoms with Gasteiger partial charge in [-0.05, 0) is 66.8 Å². The van der Waals surface area contributed by atoms with E-state index in [2.05, 4.69) is 5.32 Å². The van der Waals surface area contributed by atoms with Crippen LogP contribution >= 0.6 is 34.8 Å². The molecule has 0 unspecified atom stereocenters. The highest BCUT2D eigenvalue weighted by Crippen LogP contribution is 2.30. The van der Waals surface area contributed by atoms with Gasteiger partial charge in [0.25, 0.3) is 10.0 Å². The first kappa shape index (κ1) is 32.7. The van der Waals surface area contributed by atoms with Crippen LogP contribution in [0.5, 0.6) is 0 Å². The van der Waals surface area contributed by atoms with Crippen molar-refractivity contribution in [2.45, 2.75) is 51.6 Å². The van der Waals surface area contributed by atoms with Crippen LogP contribution in [-0.2, 0) is 26.2 Å². The van der Waals surface area contributed by atoms with E-state index in [0.29, 0.717) is 39.2 Å². The Morgan fingerprint density at radius 1 is 0.927 bits per heavy atom. The third-order valence-corrected chi connectivity index (χ3v) is 9.21. The molecular weight excluding hydrogens is 605 g/mol. The molecule has 0 saturated heterocycles. The topological polar surface area (TPSA) is 86.8 Å². The maximum Gasteiger partial charge on any atom is 0.264 e. The molecule has 0 radical (unpaired) electrons. The molecule has 0 heterocycles. The van der Waals surface area contributed by atoms with Crippen LogP contribution in [0.4, 0.5) is 5.69 Å². The third-order valence-electron chi connectivity index (χ3n) is 6.46. The molecular formula is C30H34Cl3N3O4S. The van der Waals surface area contributed by atoms with E-state index in [9.17, 15) is 18.0 Å². The van der Waals surface area contributed by atoms with Crippen molar-refractivity contribution >= 4 is 62.3 Å². The molecule has 0 saturated carbocycles. The van der Waals surface area contributed by atoms with E-state index < -0.39 is 28.5 Å². The smallest absolute Gasteiger partial charge is 0.264 e. The van der Waals surface area contributed by atoms with Crippen molar-refractivity contribution in [1.82, 2.24) is 10.2 Å². The number of hydrogen-bond acceptors (Lipinski definition) is 4. The lowest BCUT2D eigenvalue weighted by Gasteiger charge is -2.33. The number of benzene rings is 3. The Labute approximate surface area is 257 Å². The number of halogens is 3. The van der Waals surface area contributed by atoms with Gasteiger partial charge < -0.3 is 10.2 Å². The fraction of sp³-hybridized carbons (Fsp3) is 0.333. The number of anilines is 1.